The van der Waals surface area contributed by atoms with E-state index < -0.39 is 56.6 Å². The molecule has 0 saturated heterocycles. The quantitative estimate of drug-likeness (QED) is 0.218. The smallest absolute Gasteiger partial charge is 0.351 e. The number of nitrogens with one attached hydrogen (secondary N) is 3. The van der Waals surface area contributed by atoms with Crippen LogP contribution in [0.5, 0.6) is 0 Å². The van der Waals surface area contributed by atoms with E-state index in [1.54, 1.807) is 0 Å². The van der Waals surface area contributed by atoms with Crippen molar-refractivity contribution in [2.45, 2.75) is 33.1 Å². The van der Waals surface area contributed by atoms with Crippen molar-refractivity contribution in [3.63, 3.8) is 0 Å². The lowest BCUT2D eigenvalue weighted by Gasteiger charge is -2.23. The van der Waals surface area contributed by atoms with Crippen molar-refractivity contribution in [2.24, 2.45) is 5.41 Å². The number of aryl methyl sites for hydroxylation is 1. The van der Waals surface area contributed by atoms with Gasteiger partial charge in [-0.2, -0.15) is 31.4 Å². The molecule has 0 spiro atoms. The first-order valence-electron chi connectivity index (χ1n) is 12.4. The van der Waals surface area contributed by atoms with Crippen LogP contribution in [0.2, 0.25) is 10.0 Å². The maximum Gasteiger partial charge on any atom is 0.472 e. The van der Waals surface area contributed by atoms with Crippen molar-refractivity contribution in [1.29, 1.82) is 0 Å². The molecule has 0 aliphatic carbocycles. The molecule has 2 aromatic heterocycles. The molecule has 10 nitrogen and oxygen atoms in total. The van der Waals surface area contributed by atoms with Gasteiger partial charge in [-0.15, -0.1) is 0 Å². The largest absolute Gasteiger partial charge is 0.472 e. The number of carbonyl (C=O) groups excluding carboxylic acids is 3. The minimum Gasteiger partial charge on any atom is -0.351 e. The van der Waals surface area contributed by atoms with Crippen LogP contribution in [-0.2, 0) is 20.7 Å². The zero-order valence-electron chi connectivity index (χ0n) is 23.7. The van der Waals surface area contributed by atoms with Crippen LogP contribution < -0.4 is 15.4 Å². The molecule has 0 saturated carbocycles. The number of carbonyl (C=O) groups is 3. The van der Waals surface area contributed by atoms with Crippen molar-refractivity contribution in [3.8, 4) is 5.82 Å². The molecule has 0 radical (unpaired) electrons. The molecule has 1 aromatic carbocycles. The van der Waals surface area contributed by atoms with E-state index in [1.165, 1.54) is 49.9 Å². The summed E-state index contributed by atoms with van der Waals surface area (Å²) in [7, 11) is -3.67. The molecule has 19 heteroatoms. The Balaban J connectivity index is 1.94. The fourth-order valence-electron chi connectivity index (χ4n) is 3.97. The fraction of sp³-hybridized carbons (Fsp3) is 0.308. The summed E-state index contributed by atoms with van der Waals surface area (Å²) in [4.78, 5) is 41.8. The summed E-state index contributed by atoms with van der Waals surface area (Å²) in [5.74, 6) is -4.67. The summed E-state index contributed by atoms with van der Waals surface area (Å²) in [6.07, 6.45) is -8.11. The van der Waals surface area contributed by atoms with Gasteiger partial charge in [0, 0.05) is 45.2 Å². The van der Waals surface area contributed by atoms with Gasteiger partial charge in [-0.25, -0.2) is 13.9 Å². The number of halogens is 8. The number of pyridine rings is 1. The first kappa shape index (κ1) is 35.6. The Morgan fingerprint density at radius 1 is 1.04 bits per heavy atom. The van der Waals surface area contributed by atoms with Crippen LogP contribution >= 0.6 is 23.2 Å². The van der Waals surface area contributed by atoms with Crippen molar-refractivity contribution in [1.82, 2.24) is 24.8 Å². The van der Waals surface area contributed by atoms with Crippen LogP contribution in [0.1, 0.15) is 46.0 Å². The highest BCUT2D eigenvalue weighted by Crippen LogP contribution is 2.32. The van der Waals surface area contributed by atoms with E-state index in [4.69, 9.17) is 23.2 Å². The number of hydrogen-bond donors (Lipinski definition) is 3. The molecule has 1 unspecified atom stereocenters. The SMILES string of the molecule is Cc1cc(Cl)cc(C(=O)NCC(C)(C)C=S(C)(=O)NC(=O)C(F)(F)F)c1NC(=O)c1cc(C(F)(F)F)nn1-c1ncccc1Cl. The van der Waals surface area contributed by atoms with Gasteiger partial charge in [-0.05, 0) is 42.1 Å². The van der Waals surface area contributed by atoms with Gasteiger partial charge in [0.2, 0.25) is 0 Å². The Hall–Kier alpha value is -3.83. The van der Waals surface area contributed by atoms with E-state index in [9.17, 15) is 44.9 Å². The first-order chi connectivity index (χ1) is 20.5. The van der Waals surface area contributed by atoms with E-state index >= 15 is 0 Å². The summed E-state index contributed by atoms with van der Waals surface area (Å²) < 4.78 is 93.1. The van der Waals surface area contributed by atoms with Crippen LogP contribution in [0.15, 0.2) is 36.5 Å². The van der Waals surface area contributed by atoms with E-state index in [1.807, 2.05) is 0 Å². The minimum atomic E-state index is -5.27. The molecule has 0 bridgehead atoms. The van der Waals surface area contributed by atoms with Gasteiger partial charge in [0.15, 0.2) is 11.5 Å². The molecule has 0 fully saturated rings. The number of benzene rings is 1. The predicted molar refractivity (Wildman–Crippen MR) is 156 cm³/mol. The summed E-state index contributed by atoms with van der Waals surface area (Å²) in [5, 5.41) is 9.23. The van der Waals surface area contributed by atoms with E-state index in [2.05, 4.69) is 20.7 Å². The highest BCUT2D eigenvalue weighted by Gasteiger charge is 2.40. The second kappa shape index (κ2) is 12.9. The third-order valence-electron chi connectivity index (χ3n) is 5.76. The molecule has 45 heavy (non-hydrogen) atoms. The van der Waals surface area contributed by atoms with Crippen LogP contribution in [-0.4, -0.2) is 61.0 Å². The molecule has 2 heterocycles. The summed E-state index contributed by atoms with van der Waals surface area (Å²) in [5.41, 5.74) is -3.44. The van der Waals surface area contributed by atoms with Gasteiger partial charge >= 0.3 is 18.3 Å². The molecular formula is C26H24Cl2F6N6O4S. The van der Waals surface area contributed by atoms with Crippen molar-refractivity contribution in [3.05, 3.63) is 69.1 Å². The summed E-state index contributed by atoms with van der Waals surface area (Å²) in [6.45, 7) is 3.98. The number of alkyl halides is 6. The Morgan fingerprint density at radius 2 is 1.69 bits per heavy atom. The Morgan fingerprint density at radius 3 is 2.27 bits per heavy atom. The summed E-state index contributed by atoms with van der Waals surface area (Å²) >= 11 is 12.2. The van der Waals surface area contributed by atoms with E-state index in [0.29, 0.717) is 10.7 Å². The van der Waals surface area contributed by atoms with Crippen molar-refractivity contribution < 1.29 is 44.9 Å². The maximum atomic E-state index is 13.5. The van der Waals surface area contributed by atoms with E-state index in [0.717, 1.165) is 17.7 Å². The average molecular weight is 701 g/mol. The standard InChI is InChI=1S/C26H24Cl2F6N6O4S/c1-13-8-14(27)9-15(21(41)36-11-24(2,3)12-45(4,44)39-23(43)26(32,33)34)19(13)37-22(42)17-10-18(25(29,30)31)38-40(17)20-16(28)6-5-7-35-20/h5-10,12H,11H2,1-4H3,(H,36,41)(H,37,42)(H,39,43,44). The molecule has 3 N–H and O–H groups in total. The van der Waals surface area contributed by atoms with Gasteiger partial charge in [0.25, 0.3) is 11.8 Å². The molecular weight excluding hydrogens is 677 g/mol. The van der Waals surface area contributed by atoms with Gasteiger partial charge < -0.3 is 10.6 Å². The minimum absolute atomic E-state index is 0.0533. The Labute approximate surface area is 262 Å². The second-order valence-corrected chi connectivity index (χ2v) is 13.4. The average Bonchev–Trinajstić information content (AvgIpc) is 3.33. The zero-order chi connectivity index (χ0) is 34.1. The Kier molecular flexibility index (Phi) is 10.2. The van der Waals surface area contributed by atoms with Gasteiger partial charge in [0.1, 0.15) is 5.69 Å². The van der Waals surface area contributed by atoms with Crippen molar-refractivity contribution >= 4 is 61.7 Å². The maximum absolute atomic E-state index is 13.5. The van der Waals surface area contributed by atoms with Crippen LogP contribution in [0, 0.1) is 12.3 Å². The Bertz CT molecular complexity index is 1780. The van der Waals surface area contributed by atoms with Crippen molar-refractivity contribution in [2.75, 3.05) is 18.1 Å². The normalized spacial score (nSPS) is 13.5. The number of aromatic nitrogens is 3. The molecule has 244 valence electrons. The highest BCUT2D eigenvalue weighted by atomic mass is 35.5. The third kappa shape index (κ3) is 9.11. The first-order valence-corrected chi connectivity index (χ1v) is 15.2. The van der Waals surface area contributed by atoms with Crippen LogP contribution in [0.25, 0.3) is 5.82 Å². The van der Waals surface area contributed by atoms with Crippen LogP contribution in [0.4, 0.5) is 32.0 Å². The number of nitrogens with zero attached hydrogens (tertiary/aromatic N) is 3. The van der Waals surface area contributed by atoms with E-state index in [-0.39, 0.29) is 39.2 Å². The fourth-order valence-corrected chi connectivity index (χ4v) is 6.28. The molecule has 3 amide bonds. The van der Waals surface area contributed by atoms with Gasteiger partial charge in [-0.1, -0.05) is 37.0 Å². The lowest BCUT2D eigenvalue weighted by Crippen LogP contribution is -2.43. The topological polar surface area (TPSA) is 135 Å². The third-order valence-corrected chi connectivity index (χ3v) is 7.95. The molecule has 0 aliphatic rings. The summed E-state index contributed by atoms with van der Waals surface area (Å²) in [6, 6.07) is 5.75. The number of amides is 3. The predicted octanol–water partition coefficient (Wildman–Crippen LogP) is 5.22. The highest BCUT2D eigenvalue weighted by molar-refractivity contribution is 7.99. The lowest BCUT2D eigenvalue weighted by molar-refractivity contribution is -0.171. The molecule has 1 atom stereocenters. The zero-order valence-corrected chi connectivity index (χ0v) is 26.0. The number of hydrogen-bond acceptors (Lipinski definition) is 6. The van der Waals surface area contributed by atoms with Crippen LogP contribution in [0.3, 0.4) is 0 Å². The lowest BCUT2D eigenvalue weighted by atomic mass is 9.96. The number of rotatable bonds is 8. The molecule has 0 aliphatic heterocycles. The molecule has 3 rings (SSSR count). The second-order valence-electron chi connectivity index (χ2n) is 10.4. The van der Waals surface area contributed by atoms with Gasteiger partial charge in [0.05, 0.1) is 16.3 Å². The number of anilines is 1. The van der Waals surface area contributed by atoms with Gasteiger partial charge in [-0.3, -0.25) is 19.1 Å². The monoisotopic (exact) mass is 700 g/mol. The molecule has 3 aromatic rings.